The Morgan fingerprint density at radius 1 is 1.27 bits per heavy atom. The van der Waals surface area contributed by atoms with Gasteiger partial charge in [-0.05, 0) is 44.7 Å². The third kappa shape index (κ3) is 5.60. The van der Waals surface area contributed by atoms with Gasteiger partial charge in [0.25, 0.3) is 0 Å². The molecule has 9 heteroatoms. The first kappa shape index (κ1) is 22.3. The molecular formula is C21H33N7OS. The van der Waals surface area contributed by atoms with Gasteiger partial charge in [-0.25, -0.2) is 15.8 Å². The van der Waals surface area contributed by atoms with Crippen LogP contribution in [0.15, 0.2) is 17.8 Å². The monoisotopic (exact) mass is 431 g/mol. The van der Waals surface area contributed by atoms with Crippen molar-refractivity contribution in [3.8, 4) is 5.75 Å². The maximum Gasteiger partial charge on any atom is 0.202 e. The topological polar surface area (TPSA) is 115 Å². The van der Waals surface area contributed by atoms with Crippen molar-refractivity contribution < 1.29 is 4.74 Å². The molecule has 5 N–H and O–H groups in total. The molecule has 1 fully saturated rings. The summed E-state index contributed by atoms with van der Waals surface area (Å²) in [6.45, 7) is 6.51. The number of pyridine rings is 1. The standard InChI is InChI=1S/C21H33N7OS/c1-13(2)20-26-21(30-27-20)24-12-17(28(4)23)19(22)16-10-11-18(14(3)25-16)29-15-8-6-5-7-9-15/h10-11,13,15H,5-9,12,22-23H2,1-4H3,(H,24,26,27)/b19-17-. The number of ether oxygens (including phenoxy) is 1. The minimum absolute atomic E-state index is 0.288. The molecule has 2 aromatic heterocycles. The van der Waals surface area contributed by atoms with Gasteiger partial charge in [0.15, 0.2) is 0 Å². The van der Waals surface area contributed by atoms with Crippen LogP contribution in [0.2, 0.25) is 0 Å². The minimum atomic E-state index is 0.288. The lowest BCUT2D eigenvalue weighted by Gasteiger charge is -2.24. The van der Waals surface area contributed by atoms with Crippen LogP contribution in [0.1, 0.15) is 69.1 Å². The summed E-state index contributed by atoms with van der Waals surface area (Å²) in [7, 11) is 1.76. The van der Waals surface area contributed by atoms with Gasteiger partial charge in [-0.2, -0.15) is 4.37 Å². The number of hydrogen-bond acceptors (Lipinski definition) is 9. The Bertz CT molecular complexity index is 872. The van der Waals surface area contributed by atoms with Gasteiger partial charge in [-0.15, -0.1) is 0 Å². The molecule has 0 aliphatic heterocycles. The number of aromatic nitrogens is 3. The quantitative estimate of drug-likeness (QED) is 0.429. The molecule has 0 amide bonds. The first-order valence-electron chi connectivity index (χ1n) is 10.5. The number of aryl methyl sites for hydroxylation is 1. The van der Waals surface area contributed by atoms with Crippen molar-refractivity contribution >= 4 is 22.4 Å². The molecule has 0 spiro atoms. The van der Waals surface area contributed by atoms with E-state index in [4.69, 9.17) is 16.3 Å². The van der Waals surface area contributed by atoms with Crippen LogP contribution in [0.25, 0.3) is 5.70 Å². The third-order valence-electron chi connectivity index (χ3n) is 5.26. The van der Waals surface area contributed by atoms with Crippen LogP contribution >= 0.6 is 11.5 Å². The predicted octanol–water partition coefficient (Wildman–Crippen LogP) is 3.62. The number of anilines is 1. The Morgan fingerprint density at radius 2 is 2.00 bits per heavy atom. The summed E-state index contributed by atoms with van der Waals surface area (Å²) in [5, 5.41) is 5.52. The highest BCUT2D eigenvalue weighted by Gasteiger charge is 2.18. The van der Waals surface area contributed by atoms with Gasteiger partial charge in [0.05, 0.1) is 35.4 Å². The van der Waals surface area contributed by atoms with E-state index in [1.165, 1.54) is 35.8 Å². The van der Waals surface area contributed by atoms with E-state index in [2.05, 4.69) is 33.5 Å². The number of nitrogens with two attached hydrogens (primary N) is 2. The van der Waals surface area contributed by atoms with Crippen LogP contribution < -0.4 is 21.6 Å². The zero-order chi connectivity index (χ0) is 21.7. The molecule has 2 aromatic rings. The summed E-state index contributed by atoms with van der Waals surface area (Å²) < 4.78 is 10.5. The van der Waals surface area contributed by atoms with E-state index in [1.807, 2.05) is 19.1 Å². The van der Waals surface area contributed by atoms with E-state index in [0.717, 1.165) is 40.9 Å². The fraction of sp³-hybridized carbons (Fsp3) is 0.571. The highest BCUT2D eigenvalue weighted by Crippen LogP contribution is 2.26. The van der Waals surface area contributed by atoms with Gasteiger partial charge < -0.3 is 20.8 Å². The lowest BCUT2D eigenvalue weighted by molar-refractivity contribution is 0.153. The first-order valence-corrected chi connectivity index (χ1v) is 11.3. The van der Waals surface area contributed by atoms with Crippen molar-refractivity contribution in [2.45, 2.75) is 64.9 Å². The maximum absolute atomic E-state index is 6.44. The minimum Gasteiger partial charge on any atom is -0.489 e. The molecule has 1 saturated carbocycles. The lowest BCUT2D eigenvalue weighted by atomic mass is 9.98. The molecule has 3 rings (SSSR count). The summed E-state index contributed by atoms with van der Waals surface area (Å²) >= 11 is 1.33. The number of hydrazine groups is 1. The predicted molar refractivity (Wildman–Crippen MR) is 122 cm³/mol. The molecular weight excluding hydrogens is 398 g/mol. The van der Waals surface area contributed by atoms with Gasteiger partial charge in [0, 0.05) is 24.5 Å². The van der Waals surface area contributed by atoms with Crippen LogP contribution in [-0.2, 0) is 0 Å². The molecule has 8 nitrogen and oxygen atoms in total. The van der Waals surface area contributed by atoms with Crippen LogP contribution in [0.4, 0.5) is 5.13 Å². The van der Waals surface area contributed by atoms with E-state index < -0.39 is 0 Å². The van der Waals surface area contributed by atoms with Gasteiger partial charge in [0.2, 0.25) is 5.13 Å². The summed E-state index contributed by atoms with van der Waals surface area (Å²) in [5.74, 6) is 8.00. The zero-order valence-electron chi connectivity index (χ0n) is 18.3. The molecule has 0 radical (unpaired) electrons. The normalized spacial score (nSPS) is 15.8. The summed E-state index contributed by atoms with van der Waals surface area (Å²) in [6, 6.07) is 3.85. The second-order valence-corrected chi connectivity index (χ2v) is 8.85. The highest BCUT2D eigenvalue weighted by atomic mass is 32.1. The third-order valence-corrected chi connectivity index (χ3v) is 5.95. The number of nitrogens with zero attached hydrogens (tertiary/aromatic N) is 4. The molecule has 0 bridgehead atoms. The van der Waals surface area contributed by atoms with Gasteiger partial charge in [0.1, 0.15) is 11.6 Å². The van der Waals surface area contributed by atoms with Gasteiger partial charge >= 0.3 is 0 Å². The number of rotatable bonds is 8. The number of hydrogen-bond donors (Lipinski definition) is 3. The Kier molecular flexibility index (Phi) is 7.49. The lowest BCUT2D eigenvalue weighted by Crippen LogP contribution is -2.32. The van der Waals surface area contributed by atoms with Gasteiger partial charge in [-0.1, -0.05) is 20.3 Å². The first-order chi connectivity index (χ1) is 14.3. The van der Waals surface area contributed by atoms with Crippen LogP contribution in [0, 0.1) is 6.92 Å². The Hall–Kier alpha value is -2.39. The second-order valence-electron chi connectivity index (χ2n) is 8.10. The molecule has 164 valence electrons. The van der Waals surface area contributed by atoms with Crippen molar-refractivity contribution in [3.05, 3.63) is 35.0 Å². The van der Waals surface area contributed by atoms with E-state index in [9.17, 15) is 0 Å². The van der Waals surface area contributed by atoms with Crippen molar-refractivity contribution in [3.63, 3.8) is 0 Å². The Labute approximate surface area is 182 Å². The largest absolute Gasteiger partial charge is 0.489 e. The summed E-state index contributed by atoms with van der Waals surface area (Å²) in [6.07, 6.45) is 6.28. The van der Waals surface area contributed by atoms with Gasteiger partial charge in [-0.3, -0.25) is 0 Å². The molecule has 0 aromatic carbocycles. The average Bonchev–Trinajstić information content (AvgIpc) is 3.19. The Morgan fingerprint density at radius 3 is 2.60 bits per heavy atom. The van der Waals surface area contributed by atoms with Crippen molar-refractivity contribution in [2.75, 3.05) is 18.9 Å². The average molecular weight is 432 g/mol. The molecule has 0 atom stereocenters. The number of nitrogens with one attached hydrogen (secondary N) is 1. The molecule has 0 saturated heterocycles. The van der Waals surface area contributed by atoms with E-state index >= 15 is 0 Å². The van der Waals surface area contributed by atoms with Crippen LogP contribution in [0.5, 0.6) is 5.75 Å². The molecule has 1 aliphatic rings. The Balaban J connectivity index is 1.73. The smallest absolute Gasteiger partial charge is 0.202 e. The van der Waals surface area contributed by atoms with Crippen LogP contribution in [0.3, 0.4) is 0 Å². The highest BCUT2D eigenvalue weighted by molar-refractivity contribution is 7.09. The SMILES string of the molecule is Cc1nc(/C(N)=C(\CNc2nc(C(C)C)ns2)N(C)N)ccc1OC1CCCCC1. The molecule has 0 unspecified atom stereocenters. The summed E-state index contributed by atoms with van der Waals surface area (Å²) in [4.78, 5) is 9.18. The molecule has 2 heterocycles. The van der Waals surface area contributed by atoms with Crippen molar-refractivity contribution in [1.29, 1.82) is 0 Å². The van der Waals surface area contributed by atoms with E-state index in [-0.39, 0.29) is 12.0 Å². The van der Waals surface area contributed by atoms with Crippen molar-refractivity contribution in [2.24, 2.45) is 11.6 Å². The maximum atomic E-state index is 6.44. The van der Waals surface area contributed by atoms with E-state index in [0.29, 0.717) is 17.9 Å². The summed E-state index contributed by atoms with van der Waals surface area (Å²) in [5.41, 5.74) is 9.20. The van der Waals surface area contributed by atoms with Crippen molar-refractivity contribution in [1.82, 2.24) is 19.4 Å². The van der Waals surface area contributed by atoms with E-state index in [1.54, 1.807) is 7.05 Å². The zero-order valence-corrected chi connectivity index (χ0v) is 19.1. The fourth-order valence-electron chi connectivity index (χ4n) is 3.44. The second kappa shape index (κ2) is 10.1. The fourth-order valence-corrected chi connectivity index (χ4v) is 4.15. The van der Waals surface area contributed by atoms with Crippen LogP contribution in [-0.4, -0.2) is 39.0 Å². The molecule has 1 aliphatic carbocycles. The number of likely N-dealkylation sites (N-methyl/N-ethyl adjacent to an activating group) is 1. The molecule has 30 heavy (non-hydrogen) atoms.